The fourth-order valence-electron chi connectivity index (χ4n) is 6.77. The Morgan fingerprint density at radius 2 is 1.87 bits per heavy atom. The van der Waals surface area contributed by atoms with Gasteiger partial charge in [0.15, 0.2) is 0 Å². The second-order valence-corrected chi connectivity index (χ2v) is 11.5. The van der Waals surface area contributed by atoms with Crippen LogP contribution in [0.15, 0.2) is 42.5 Å². The molecule has 0 bridgehead atoms. The number of halogens is 1. The number of fused-ring (bicyclic) bond motifs is 2. The molecular formula is C30H37ClN2O6. The van der Waals surface area contributed by atoms with Gasteiger partial charge in [0.1, 0.15) is 17.6 Å². The van der Waals surface area contributed by atoms with E-state index in [4.69, 9.17) is 21.1 Å². The zero-order chi connectivity index (χ0) is 27.8. The standard InChI is InChI=1S/C30H37ClN2O6/c1-20-12-10-13-21(31)24(20)32-17-11-15-30-22(26(35)33(25(30)27(32)36)16-7-5-8-18-34)23-28(37)38-19-9-4-3-6-14-29(23,2)39-30/h6,10-15,22-23,25,34H,3-5,7-9,16-19H2,1-2H3/b14-6-/t22-,23-,25?,29+,30-/m0/s1. The number of rotatable bonds is 6. The van der Waals surface area contributed by atoms with Crippen LogP contribution in [0.2, 0.25) is 5.02 Å². The van der Waals surface area contributed by atoms with Gasteiger partial charge in [0.25, 0.3) is 5.91 Å². The van der Waals surface area contributed by atoms with Crippen LogP contribution in [0.4, 0.5) is 5.69 Å². The Balaban J connectivity index is 1.62. The summed E-state index contributed by atoms with van der Waals surface area (Å²) < 4.78 is 12.5. The maximum absolute atomic E-state index is 14.5. The largest absolute Gasteiger partial charge is 0.465 e. The van der Waals surface area contributed by atoms with Gasteiger partial charge in [0.2, 0.25) is 5.91 Å². The Bertz CT molecular complexity index is 1180. The van der Waals surface area contributed by atoms with Crippen LogP contribution in [-0.2, 0) is 23.9 Å². The Labute approximate surface area is 234 Å². The quantitative estimate of drug-likeness (QED) is 0.324. The summed E-state index contributed by atoms with van der Waals surface area (Å²) in [7, 11) is 0. The van der Waals surface area contributed by atoms with Gasteiger partial charge in [-0.3, -0.25) is 14.4 Å². The molecule has 0 aliphatic carbocycles. The van der Waals surface area contributed by atoms with Crippen molar-refractivity contribution in [3.05, 3.63) is 53.1 Å². The summed E-state index contributed by atoms with van der Waals surface area (Å²) in [4.78, 5) is 45.6. The fourth-order valence-corrected chi connectivity index (χ4v) is 7.10. The summed E-state index contributed by atoms with van der Waals surface area (Å²) in [5.74, 6) is -2.84. The van der Waals surface area contributed by atoms with E-state index in [0.29, 0.717) is 36.5 Å². The maximum atomic E-state index is 14.5. The second kappa shape index (κ2) is 11.1. The number of unbranched alkanes of at least 4 members (excludes halogenated alkanes) is 2. The number of aliphatic hydroxyl groups is 1. The molecule has 1 aromatic rings. The summed E-state index contributed by atoms with van der Waals surface area (Å²) >= 11 is 6.60. The minimum Gasteiger partial charge on any atom is -0.465 e. The number of cyclic esters (lactones) is 1. The zero-order valence-electron chi connectivity index (χ0n) is 22.6. The van der Waals surface area contributed by atoms with Crippen molar-refractivity contribution in [3.63, 3.8) is 0 Å². The monoisotopic (exact) mass is 556 g/mol. The maximum Gasteiger partial charge on any atom is 0.313 e. The number of aliphatic hydroxyl groups excluding tert-OH is 1. The molecule has 4 heterocycles. The second-order valence-electron chi connectivity index (χ2n) is 11.1. The molecular weight excluding hydrogens is 520 g/mol. The minimum absolute atomic E-state index is 0.0624. The van der Waals surface area contributed by atoms with Crippen molar-refractivity contribution in [2.45, 2.75) is 69.6 Å². The number of amides is 2. The van der Waals surface area contributed by atoms with Crippen molar-refractivity contribution in [1.82, 2.24) is 4.90 Å². The summed E-state index contributed by atoms with van der Waals surface area (Å²) in [5.41, 5.74) is -1.01. The highest BCUT2D eigenvalue weighted by atomic mass is 35.5. The van der Waals surface area contributed by atoms with Crippen molar-refractivity contribution in [2.75, 3.05) is 31.2 Å². The molecule has 1 spiro atoms. The highest BCUT2D eigenvalue weighted by molar-refractivity contribution is 6.34. The molecule has 0 saturated carbocycles. The number of hydrogen-bond donors (Lipinski definition) is 1. The molecule has 5 rings (SSSR count). The van der Waals surface area contributed by atoms with E-state index in [1.807, 2.05) is 50.3 Å². The molecule has 2 fully saturated rings. The lowest BCUT2D eigenvalue weighted by Crippen LogP contribution is -2.56. The van der Waals surface area contributed by atoms with Gasteiger partial charge in [-0.05, 0) is 64.0 Å². The van der Waals surface area contributed by atoms with E-state index in [1.54, 1.807) is 15.9 Å². The molecule has 0 aromatic heterocycles. The molecule has 39 heavy (non-hydrogen) atoms. The molecule has 4 aliphatic heterocycles. The number of hydrogen-bond acceptors (Lipinski definition) is 6. The van der Waals surface area contributed by atoms with Crippen LogP contribution in [0.5, 0.6) is 0 Å². The van der Waals surface area contributed by atoms with Crippen molar-refractivity contribution >= 4 is 35.1 Å². The van der Waals surface area contributed by atoms with Gasteiger partial charge in [-0.15, -0.1) is 0 Å². The van der Waals surface area contributed by atoms with Crippen LogP contribution in [-0.4, -0.2) is 71.3 Å². The molecule has 5 atom stereocenters. The van der Waals surface area contributed by atoms with E-state index < -0.39 is 35.0 Å². The molecule has 9 heteroatoms. The molecule has 1 unspecified atom stereocenters. The fraction of sp³-hybridized carbons (Fsp3) is 0.567. The Kier molecular flexibility index (Phi) is 7.91. The third kappa shape index (κ3) is 4.70. The number of aryl methyl sites for hydroxylation is 1. The number of nitrogens with zero attached hydrogens (tertiary/aromatic N) is 2. The van der Waals surface area contributed by atoms with E-state index in [9.17, 15) is 19.5 Å². The van der Waals surface area contributed by atoms with Gasteiger partial charge in [0.05, 0.1) is 28.8 Å². The number of likely N-dealkylation sites (tertiary alicyclic amines) is 1. The van der Waals surface area contributed by atoms with Crippen LogP contribution in [0.1, 0.15) is 51.0 Å². The van der Waals surface area contributed by atoms with Crippen LogP contribution < -0.4 is 4.90 Å². The molecule has 1 N–H and O–H groups in total. The van der Waals surface area contributed by atoms with Crippen molar-refractivity contribution in [3.8, 4) is 0 Å². The number of ether oxygens (including phenoxy) is 2. The third-order valence-corrected chi connectivity index (χ3v) is 8.82. The average molecular weight is 557 g/mol. The van der Waals surface area contributed by atoms with E-state index in [2.05, 4.69) is 0 Å². The van der Waals surface area contributed by atoms with E-state index in [1.165, 1.54) is 0 Å². The Morgan fingerprint density at radius 3 is 2.64 bits per heavy atom. The summed E-state index contributed by atoms with van der Waals surface area (Å²) in [6.45, 7) is 4.64. The number of benzene rings is 1. The first-order valence-electron chi connectivity index (χ1n) is 14.0. The van der Waals surface area contributed by atoms with Gasteiger partial charge in [-0.1, -0.05) is 48.0 Å². The van der Waals surface area contributed by atoms with Gasteiger partial charge in [0, 0.05) is 19.7 Å². The third-order valence-electron chi connectivity index (χ3n) is 8.52. The predicted octanol–water partition coefficient (Wildman–Crippen LogP) is 3.97. The minimum atomic E-state index is -1.34. The van der Waals surface area contributed by atoms with Crippen LogP contribution in [0.25, 0.3) is 0 Å². The normalized spacial score (nSPS) is 33.3. The molecule has 210 valence electrons. The molecule has 8 nitrogen and oxygen atoms in total. The lowest BCUT2D eigenvalue weighted by Gasteiger charge is -2.38. The highest BCUT2D eigenvalue weighted by Gasteiger charge is 2.74. The van der Waals surface area contributed by atoms with Gasteiger partial charge < -0.3 is 24.4 Å². The van der Waals surface area contributed by atoms with Crippen LogP contribution in [0, 0.1) is 18.8 Å². The summed E-state index contributed by atoms with van der Waals surface area (Å²) in [5, 5.41) is 9.71. The SMILES string of the molecule is Cc1cccc(Cl)c1N1CC=C[C@]23O[C@]4(C)/C=C\CCCCOC(=O)[C@@H]4[C@H]2C(=O)N(CCCCCO)C3C1=O. The molecule has 4 aliphatic rings. The summed E-state index contributed by atoms with van der Waals surface area (Å²) in [6, 6.07) is 4.51. The topological polar surface area (TPSA) is 96.4 Å². The highest BCUT2D eigenvalue weighted by Crippen LogP contribution is 2.57. The first-order valence-corrected chi connectivity index (χ1v) is 14.3. The smallest absolute Gasteiger partial charge is 0.313 e. The number of carbonyl (C=O) groups excluding carboxylic acids is 3. The van der Waals surface area contributed by atoms with E-state index >= 15 is 0 Å². The van der Waals surface area contributed by atoms with Crippen molar-refractivity contribution < 1.29 is 29.0 Å². The zero-order valence-corrected chi connectivity index (χ0v) is 23.4. The van der Waals surface area contributed by atoms with E-state index in [-0.39, 0.29) is 31.6 Å². The molecule has 2 saturated heterocycles. The molecule has 1 aromatic carbocycles. The van der Waals surface area contributed by atoms with Gasteiger partial charge in [-0.25, -0.2) is 0 Å². The summed E-state index contributed by atoms with van der Waals surface area (Å²) in [6.07, 6.45) is 11.9. The number of para-hydroxylation sites is 1. The lowest BCUT2D eigenvalue weighted by atomic mass is 9.74. The van der Waals surface area contributed by atoms with Gasteiger partial charge in [-0.2, -0.15) is 0 Å². The van der Waals surface area contributed by atoms with Crippen LogP contribution in [0.3, 0.4) is 0 Å². The first kappa shape index (κ1) is 27.9. The number of anilines is 1. The number of carbonyl (C=O) groups is 3. The predicted molar refractivity (Wildman–Crippen MR) is 147 cm³/mol. The number of allylic oxidation sites excluding steroid dienone is 1. The molecule has 2 amide bonds. The van der Waals surface area contributed by atoms with E-state index in [0.717, 1.165) is 24.8 Å². The lowest BCUT2D eigenvalue weighted by molar-refractivity contribution is -0.158. The average Bonchev–Trinajstić information content (AvgIpc) is 3.22. The van der Waals surface area contributed by atoms with Gasteiger partial charge >= 0.3 is 5.97 Å². The first-order chi connectivity index (χ1) is 18.7. The Hall–Kier alpha value is -2.68. The number of esters is 1. The van der Waals surface area contributed by atoms with Crippen LogP contribution >= 0.6 is 11.6 Å². The Morgan fingerprint density at radius 1 is 1.05 bits per heavy atom. The molecule has 0 radical (unpaired) electrons. The van der Waals surface area contributed by atoms with Crippen molar-refractivity contribution in [2.24, 2.45) is 11.8 Å². The van der Waals surface area contributed by atoms with Crippen molar-refractivity contribution in [1.29, 1.82) is 0 Å².